The first-order chi connectivity index (χ1) is 12.5. The minimum absolute atomic E-state index is 0.114. The Morgan fingerprint density at radius 1 is 1.38 bits per heavy atom. The van der Waals surface area contributed by atoms with Crippen LogP contribution in [0.4, 0.5) is 10.5 Å². The molecule has 9 heteroatoms. The van der Waals surface area contributed by atoms with E-state index < -0.39 is 5.91 Å². The van der Waals surface area contributed by atoms with Gasteiger partial charge in [-0.15, -0.1) is 22.7 Å². The van der Waals surface area contributed by atoms with E-state index in [-0.39, 0.29) is 6.03 Å². The van der Waals surface area contributed by atoms with Crippen LogP contribution < -0.4 is 16.8 Å². The number of urea groups is 1. The lowest BCUT2D eigenvalue weighted by molar-refractivity contribution is 0.100. The van der Waals surface area contributed by atoms with Gasteiger partial charge in [-0.25, -0.2) is 9.78 Å². The van der Waals surface area contributed by atoms with Crippen LogP contribution >= 0.6 is 22.7 Å². The van der Waals surface area contributed by atoms with E-state index in [1.165, 1.54) is 11.3 Å². The zero-order valence-electron chi connectivity index (χ0n) is 14.0. The summed E-state index contributed by atoms with van der Waals surface area (Å²) in [6.07, 6.45) is 0. The molecule has 1 aliphatic heterocycles. The van der Waals surface area contributed by atoms with Crippen molar-refractivity contribution in [1.29, 1.82) is 0 Å². The molecule has 0 bridgehead atoms. The fourth-order valence-electron chi connectivity index (χ4n) is 3.25. The molecule has 0 unspecified atom stereocenters. The third-order valence-corrected chi connectivity index (χ3v) is 6.36. The number of hydrogen-bond acceptors (Lipinski definition) is 6. The number of fused-ring (bicyclic) bond motifs is 2. The highest BCUT2D eigenvalue weighted by atomic mass is 32.1. The molecule has 5 N–H and O–H groups in total. The third kappa shape index (κ3) is 2.51. The summed E-state index contributed by atoms with van der Waals surface area (Å²) in [6.45, 7) is 3.34. The van der Waals surface area contributed by atoms with Gasteiger partial charge in [0.05, 0.1) is 24.5 Å². The zero-order chi connectivity index (χ0) is 18.4. The first-order valence-electron chi connectivity index (χ1n) is 8.11. The van der Waals surface area contributed by atoms with Crippen molar-refractivity contribution in [2.45, 2.75) is 20.0 Å². The molecular weight excluding hydrogens is 370 g/mol. The van der Waals surface area contributed by atoms with Crippen LogP contribution in [0.25, 0.3) is 20.7 Å². The molecule has 0 aliphatic carbocycles. The second kappa shape index (κ2) is 6.26. The van der Waals surface area contributed by atoms with Gasteiger partial charge in [-0.2, -0.15) is 0 Å². The number of nitrogens with one attached hydrogen (secondary N) is 1. The van der Waals surface area contributed by atoms with E-state index in [0.717, 1.165) is 27.1 Å². The Balaban J connectivity index is 1.94. The Kier molecular flexibility index (Phi) is 4.04. The SMILES string of the molecule is CCNC(=O)N1Cc2nc3sc(C(N)=O)c(N)c3c(-c3cccs3)c2C1. The van der Waals surface area contributed by atoms with Gasteiger partial charge >= 0.3 is 6.03 Å². The molecule has 3 aromatic heterocycles. The van der Waals surface area contributed by atoms with E-state index >= 15 is 0 Å². The van der Waals surface area contributed by atoms with Crippen LogP contribution in [0.3, 0.4) is 0 Å². The quantitative estimate of drug-likeness (QED) is 0.641. The Bertz CT molecular complexity index is 1030. The number of anilines is 1. The van der Waals surface area contributed by atoms with E-state index in [2.05, 4.69) is 5.32 Å². The first kappa shape index (κ1) is 16.8. The van der Waals surface area contributed by atoms with Crippen LogP contribution in [-0.4, -0.2) is 28.4 Å². The van der Waals surface area contributed by atoms with Crippen molar-refractivity contribution in [3.8, 4) is 10.4 Å². The summed E-state index contributed by atoms with van der Waals surface area (Å²) in [4.78, 5) is 32.4. The van der Waals surface area contributed by atoms with Crippen molar-refractivity contribution < 1.29 is 9.59 Å². The smallest absolute Gasteiger partial charge is 0.318 e. The number of rotatable bonds is 3. The van der Waals surface area contributed by atoms with Crippen molar-refractivity contribution in [3.05, 3.63) is 33.6 Å². The molecule has 0 radical (unpaired) electrons. The fourth-order valence-corrected chi connectivity index (χ4v) is 5.03. The molecule has 1 aliphatic rings. The maximum Gasteiger partial charge on any atom is 0.318 e. The van der Waals surface area contributed by atoms with Gasteiger partial charge in [-0.05, 0) is 18.4 Å². The van der Waals surface area contributed by atoms with Gasteiger partial charge < -0.3 is 21.7 Å². The molecule has 3 amide bonds. The van der Waals surface area contributed by atoms with Crippen LogP contribution in [0.15, 0.2) is 17.5 Å². The van der Waals surface area contributed by atoms with Crippen LogP contribution in [-0.2, 0) is 13.1 Å². The summed E-state index contributed by atoms with van der Waals surface area (Å²) in [6, 6.07) is 3.86. The Hall–Kier alpha value is -2.65. The Morgan fingerprint density at radius 2 is 2.19 bits per heavy atom. The second-order valence-corrected chi connectivity index (χ2v) is 7.92. The lowest BCUT2D eigenvalue weighted by Crippen LogP contribution is -2.36. The molecule has 4 heterocycles. The van der Waals surface area contributed by atoms with Gasteiger partial charge in [0.15, 0.2) is 0 Å². The Labute approximate surface area is 157 Å². The number of nitrogens with two attached hydrogens (primary N) is 2. The molecule has 0 aromatic carbocycles. The number of carbonyl (C=O) groups excluding carboxylic acids is 2. The number of hydrogen-bond donors (Lipinski definition) is 3. The third-order valence-electron chi connectivity index (χ3n) is 4.36. The van der Waals surface area contributed by atoms with Crippen LogP contribution in [0.5, 0.6) is 0 Å². The van der Waals surface area contributed by atoms with E-state index in [0.29, 0.717) is 35.0 Å². The molecule has 134 valence electrons. The molecular formula is C17H17N5O2S2. The average Bonchev–Trinajstić information content (AvgIpc) is 3.32. The number of amides is 3. The number of nitrogen functional groups attached to an aromatic ring is 1. The zero-order valence-corrected chi connectivity index (χ0v) is 15.7. The van der Waals surface area contributed by atoms with E-state index in [1.807, 2.05) is 24.4 Å². The number of carbonyl (C=O) groups is 2. The molecule has 0 saturated heterocycles. The summed E-state index contributed by atoms with van der Waals surface area (Å²) in [5.41, 5.74) is 14.9. The van der Waals surface area contributed by atoms with Crippen molar-refractivity contribution >= 4 is 50.5 Å². The largest absolute Gasteiger partial charge is 0.397 e. The number of aromatic nitrogens is 1. The summed E-state index contributed by atoms with van der Waals surface area (Å²) >= 11 is 2.79. The highest BCUT2D eigenvalue weighted by molar-refractivity contribution is 7.21. The molecule has 0 saturated carbocycles. The van der Waals surface area contributed by atoms with Crippen LogP contribution in [0.2, 0.25) is 0 Å². The van der Waals surface area contributed by atoms with Crippen LogP contribution in [0.1, 0.15) is 27.9 Å². The van der Waals surface area contributed by atoms with Gasteiger partial charge in [0.25, 0.3) is 5.91 Å². The van der Waals surface area contributed by atoms with Crippen molar-refractivity contribution in [2.75, 3.05) is 12.3 Å². The Morgan fingerprint density at radius 3 is 2.85 bits per heavy atom. The van der Waals surface area contributed by atoms with Gasteiger partial charge in [0.2, 0.25) is 0 Å². The van der Waals surface area contributed by atoms with Crippen molar-refractivity contribution in [1.82, 2.24) is 15.2 Å². The predicted molar refractivity (Wildman–Crippen MR) is 104 cm³/mol. The summed E-state index contributed by atoms with van der Waals surface area (Å²) < 4.78 is 0. The molecule has 0 spiro atoms. The van der Waals surface area contributed by atoms with Gasteiger partial charge in [0.1, 0.15) is 9.71 Å². The minimum atomic E-state index is -0.549. The normalized spacial score (nSPS) is 13.2. The predicted octanol–water partition coefficient (Wildman–Crippen LogP) is 2.75. The lowest BCUT2D eigenvalue weighted by Gasteiger charge is -2.15. The van der Waals surface area contributed by atoms with Gasteiger partial charge in [-0.1, -0.05) is 6.07 Å². The standard InChI is InChI=1S/C17H17N5O2S2/c1-2-20-17(24)22-6-8-9(7-22)21-16-12(11(8)10-4-3-5-25-10)13(18)14(26-16)15(19)23/h3-5H,2,6-7,18H2,1H3,(H2,19,23)(H,20,24). The number of pyridine rings is 1. The number of primary amides is 1. The molecule has 3 aromatic rings. The van der Waals surface area contributed by atoms with Gasteiger partial charge in [0, 0.05) is 27.9 Å². The summed E-state index contributed by atoms with van der Waals surface area (Å²) in [5, 5.41) is 5.57. The van der Waals surface area contributed by atoms with Crippen LogP contribution in [0, 0.1) is 0 Å². The van der Waals surface area contributed by atoms with Crippen molar-refractivity contribution in [2.24, 2.45) is 5.73 Å². The molecule has 26 heavy (non-hydrogen) atoms. The van der Waals surface area contributed by atoms with E-state index in [9.17, 15) is 9.59 Å². The van der Waals surface area contributed by atoms with E-state index in [1.54, 1.807) is 16.2 Å². The number of thiophene rings is 2. The number of nitrogens with zero attached hydrogens (tertiary/aromatic N) is 2. The maximum atomic E-state index is 12.3. The molecule has 0 fully saturated rings. The average molecular weight is 387 g/mol. The molecule has 0 atom stereocenters. The topological polar surface area (TPSA) is 114 Å². The second-order valence-electron chi connectivity index (χ2n) is 5.97. The summed E-state index contributed by atoms with van der Waals surface area (Å²) in [5.74, 6) is -0.549. The fraction of sp³-hybridized carbons (Fsp3) is 0.235. The van der Waals surface area contributed by atoms with Crippen molar-refractivity contribution in [3.63, 3.8) is 0 Å². The monoisotopic (exact) mass is 387 g/mol. The minimum Gasteiger partial charge on any atom is -0.397 e. The van der Waals surface area contributed by atoms with E-state index in [4.69, 9.17) is 16.5 Å². The highest BCUT2D eigenvalue weighted by Crippen LogP contribution is 2.45. The van der Waals surface area contributed by atoms with Gasteiger partial charge in [-0.3, -0.25) is 4.79 Å². The molecule has 4 rings (SSSR count). The lowest BCUT2D eigenvalue weighted by atomic mass is 10.0. The summed E-state index contributed by atoms with van der Waals surface area (Å²) in [7, 11) is 0. The maximum absolute atomic E-state index is 12.3. The first-order valence-corrected chi connectivity index (χ1v) is 9.81. The molecule has 7 nitrogen and oxygen atoms in total. The highest BCUT2D eigenvalue weighted by Gasteiger charge is 2.31.